The Morgan fingerprint density at radius 2 is 2.11 bits per heavy atom. The van der Waals surface area contributed by atoms with Crippen LogP contribution in [0.2, 0.25) is 0 Å². The summed E-state index contributed by atoms with van der Waals surface area (Å²) in [7, 11) is 0. The zero-order valence-corrected chi connectivity index (χ0v) is 12.2. The van der Waals surface area contributed by atoms with Crippen LogP contribution in [0.15, 0.2) is 0 Å². The molecule has 1 aliphatic heterocycles. The van der Waals surface area contributed by atoms with Crippen LogP contribution in [0, 0.1) is 5.92 Å². The molecule has 1 heterocycles. The Morgan fingerprint density at radius 1 is 1.37 bits per heavy atom. The Morgan fingerprint density at radius 3 is 2.68 bits per heavy atom. The third-order valence-electron chi connectivity index (χ3n) is 3.58. The molecular weight excluding hydrogens is 242 g/mol. The normalized spacial score (nSPS) is 19.7. The van der Waals surface area contributed by atoms with Gasteiger partial charge in [0.25, 0.3) is 0 Å². The fourth-order valence-electron chi connectivity index (χ4n) is 2.52. The van der Waals surface area contributed by atoms with Crippen LogP contribution < -0.4 is 5.73 Å². The van der Waals surface area contributed by atoms with Crippen LogP contribution in [0.1, 0.15) is 39.5 Å². The molecular formula is C14H27N3O2. The molecule has 110 valence electrons. The molecule has 2 amide bonds. The molecule has 0 radical (unpaired) electrons. The van der Waals surface area contributed by atoms with Gasteiger partial charge in [-0.05, 0) is 31.7 Å². The van der Waals surface area contributed by atoms with E-state index in [9.17, 15) is 9.59 Å². The molecule has 0 spiro atoms. The number of nitrogens with zero attached hydrogens (tertiary/aromatic N) is 2. The summed E-state index contributed by atoms with van der Waals surface area (Å²) >= 11 is 0. The zero-order chi connectivity index (χ0) is 14.3. The van der Waals surface area contributed by atoms with E-state index in [1.165, 1.54) is 6.42 Å². The van der Waals surface area contributed by atoms with Gasteiger partial charge >= 0.3 is 0 Å². The molecule has 5 heteroatoms. The third-order valence-corrected chi connectivity index (χ3v) is 3.58. The van der Waals surface area contributed by atoms with Crippen molar-refractivity contribution < 1.29 is 9.59 Å². The molecule has 1 atom stereocenters. The van der Waals surface area contributed by atoms with Crippen molar-refractivity contribution in [3.63, 3.8) is 0 Å². The van der Waals surface area contributed by atoms with E-state index in [1.54, 1.807) is 0 Å². The highest BCUT2D eigenvalue weighted by molar-refractivity contribution is 5.80. The Kier molecular flexibility index (Phi) is 6.84. The summed E-state index contributed by atoms with van der Waals surface area (Å²) in [5.74, 6) is 0.345. The highest BCUT2D eigenvalue weighted by Gasteiger charge is 2.22. The van der Waals surface area contributed by atoms with E-state index < -0.39 is 0 Å². The van der Waals surface area contributed by atoms with Crippen molar-refractivity contribution >= 4 is 11.8 Å². The average molecular weight is 269 g/mol. The number of unbranched alkanes of at least 4 members (excludes halogenated alkanes) is 1. The van der Waals surface area contributed by atoms with Gasteiger partial charge in [0.15, 0.2) is 0 Å². The van der Waals surface area contributed by atoms with Crippen molar-refractivity contribution in [3.05, 3.63) is 0 Å². The molecule has 0 aromatic rings. The van der Waals surface area contributed by atoms with Gasteiger partial charge in [-0.2, -0.15) is 0 Å². The maximum absolute atomic E-state index is 12.2. The fraction of sp³-hybridized carbons (Fsp3) is 0.857. The Labute approximate surface area is 116 Å². The summed E-state index contributed by atoms with van der Waals surface area (Å²) in [6.07, 6.45) is 4.31. The topological polar surface area (TPSA) is 66.6 Å². The van der Waals surface area contributed by atoms with Gasteiger partial charge in [0.05, 0.1) is 13.1 Å². The molecule has 0 aromatic carbocycles. The summed E-state index contributed by atoms with van der Waals surface area (Å²) in [5, 5.41) is 0. The second kappa shape index (κ2) is 8.15. The smallest absolute Gasteiger partial charge is 0.236 e. The SMILES string of the molecule is CCCCN(CC(N)=O)CC(=O)N1CCC[C@H](C)C1. The van der Waals surface area contributed by atoms with E-state index in [-0.39, 0.29) is 18.4 Å². The minimum Gasteiger partial charge on any atom is -0.369 e. The standard InChI is InChI=1S/C14H27N3O2/c1-3-4-7-16(10-13(15)18)11-14(19)17-8-5-6-12(2)9-17/h12H,3-11H2,1-2H3,(H2,15,18)/t12-/m0/s1. The van der Waals surface area contributed by atoms with Crippen LogP contribution >= 0.6 is 0 Å². The molecule has 0 aromatic heterocycles. The van der Waals surface area contributed by atoms with Crippen LogP contribution in [0.25, 0.3) is 0 Å². The molecule has 2 N–H and O–H groups in total. The summed E-state index contributed by atoms with van der Waals surface area (Å²) < 4.78 is 0. The first-order valence-corrected chi connectivity index (χ1v) is 7.31. The molecule has 0 bridgehead atoms. The highest BCUT2D eigenvalue weighted by atomic mass is 16.2. The third kappa shape index (κ3) is 6.05. The maximum Gasteiger partial charge on any atom is 0.236 e. The zero-order valence-electron chi connectivity index (χ0n) is 12.2. The summed E-state index contributed by atoms with van der Waals surface area (Å²) in [6, 6.07) is 0. The number of rotatable bonds is 7. The van der Waals surface area contributed by atoms with Gasteiger partial charge in [0.2, 0.25) is 11.8 Å². The van der Waals surface area contributed by atoms with Crippen LogP contribution in [0.4, 0.5) is 0 Å². The fourth-order valence-corrected chi connectivity index (χ4v) is 2.52. The minimum atomic E-state index is -0.365. The Bertz CT molecular complexity index is 307. The van der Waals surface area contributed by atoms with E-state index in [0.29, 0.717) is 12.5 Å². The second-order valence-electron chi connectivity index (χ2n) is 5.62. The summed E-state index contributed by atoms with van der Waals surface area (Å²) in [4.78, 5) is 27.1. The number of carbonyl (C=O) groups excluding carboxylic acids is 2. The quantitative estimate of drug-likeness (QED) is 0.744. The predicted octanol–water partition coefficient (Wildman–Crippen LogP) is 0.832. The predicted molar refractivity (Wildman–Crippen MR) is 75.5 cm³/mol. The van der Waals surface area contributed by atoms with E-state index in [1.807, 2.05) is 9.80 Å². The van der Waals surface area contributed by atoms with Gasteiger partial charge in [-0.3, -0.25) is 14.5 Å². The lowest BCUT2D eigenvalue weighted by Gasteiger charge is -2.32. The van der Waals surface area contributed by atoms with Crippen LogP contribution in [0.5, 0.6) is 0 Å². The van der Waals surface area contributed by atoms with Crippen LogP contribution in [0.3, 0.4) is 0 Å². The average Bonchev–Trinajstić information content (AvgIpc) is 2.35. The van der Waals surface area contributed by atoms with Crippen LogP contribution in [-0.4, -0.2) is 54.3 Å². The van der Waals surface area contributed by atoms with E-state index in [0.717, 1.165) is 38.9 Å². The first kappa shape index (κ1) is 16.0. The van der Waals surface area contributed by atoms with Gasteiger partial charge in [0, 0.05) is 13.1 Å². The van der Waals surface area contributed by atoms with E-state index in [2.05, 4.69) is 13.8 Å². The Hall–Kier alpha value is -1.10. The number of likely N-dealkylation sites (tertiary alicyclic amines) is 1. The number of piperidine rings is 1. The first-order valence-electron chi connectivity index (χ1n) is 7.31. The number of carbonyl (C=O) groups is 2. The molecule has 19 heavy (non-hydrogen) atoms. The second-order valence-corrected chi connectivity index (χ2v) is 5.62. The maximum atomic E-state index is 12.2. The van der Waals surface area contributed by atoms with Gasteiger partial charge in [0.1, 0.15) is 0 Å². The number of hydrogen-bond acceptors (Lipinski definition) is 3. The number of hydrogen-bond donors (Lipinski definition) is 1. The Balaban J connectivity index is 2.46. The van der Waals surface area contributed by atoms with Gasteiger partial charge < -0.3 is 10.6 Å². The monoisotopic (exact) mass is 269 g/mol. The van der Waals surface area contributed by atoms with Crippen molar-refractivity contribution in [2.24, 2.45) is 11.7 Å². The van der Waals surface area contributed by atoms with Crippen LogP contribution in [-0.2, 0) is 9.59 Å². The van der Waals surface area contributed by atoms with Crippen molar-refractivity contribution in [1.29, 1.82) is 0 Å². The summed E-state index contributed by atoms with van der Waals surface area (Å²) in [6.45, 7) is 7.21. The van der Waals surface area contributed by atoms with Crippen molar-refractivity contribution in [2.45, 2.75) is 39.5 Å². The lowest BCUT2D eigenvalue weighted by Crippen LogP contribution is -2.46. The lowest BCUT2D eigenvalue weighted by molar-refractivity contribution is -0.134. The van der Waals surface area contributed by atoms with Crippen molar-refractivity contribution in [1.82, 2.24) is 9.80 Å². The summed E-state index contributed by atoms with van der Waals surface area (Å²) in [5.41, 5.74) is 5.24. The largest absolute Gasteiger partial charge is 0.369 e. The number of primary amides is 1. The molecule has 1 fully saturated rings. The molecule has 0 unspecified atom stereocenters. The molecule has 5 nitrogen and oxygen atoms in total. The molecule has 0 aliphatic carbocycles. The first-order chi connectivity index (χ1) is 9.02. The molecule has 0 saturated carbocycles. The molecule has 1 rings (SSSR count). The van der Waals surface area contributed by atoms with E-state index in [4.69, 9.17) is 5.73 Å². The van der Waals surface area contributed by atoms with Crippen molar-refractivity contribution in [3.8, 4) is 0 Å². The van der Waals surface area contributed by atoms with E-state index >= 15 is 0 Å². The highest BCUT2D eigenvalue weighted by Crippen LogP contribution is 2.15. The van der Waals surface area contributed by atoms with Gasteiger partial charge in [-0.25, -0.2) is 0 Å². The number of nitrogens with two attached hydrogens (primary N) is 1. The lowest BCUT2D eigenvalue weighted by atomic mass is 10.0. The molecule has 1 saturated heterocycles. The molecule has 1 aliphatic rings. The number of amides is 2. The van der Waals surface area contributed by atoms with Gasteiger partial charge in [-0.1, -0.05) is 20.3 Å². The van der Waals surface area contributed by atoms with Gasteiger partial charge in [-0.15, -0.1) is 0 Å². The minimum absolute atomic E-state index is 0.129. The van der Waals surface area contributed by atoms with Crippen molar-refractivity contribution in [2.75, 3.05) is 32.7 Å².